The van der Waals surface area contributed by atoms with E-state index in [9.17, 15) is 14.3 Å². The van der Waals surface area contributed by atoms with E-state index in [-0.39, 0.29) is 23.9 Å². The Labute approximate surface area is 129 Å². The van der Waals surface area contributed by atoms with Crippen LogP contribution >= 0.6 is 0 Å². The van der Waals surface area contributed by atoms with Gasteiger partial charge in [0.2, 0.25) is 5.91 Å². The smallest absolute Gasteiger partial charge is 0.226 e. The van der Waals surface area contributed by atoms with E-state index < -0.39 is 0 Å². The highest BCUT2D eigenvalue weighted by atomic mass is 19.1. The van der Waals surface area contributed by atoms with Crippen LogP contribution in [0.15, 0.2) is 54.6 Å². The average molecular weight is 299 g/mol. The first-order valence-electron chi connectivity index (χ1n) is 6.98. The van der Waals surface area contributed by atoms with Crippen LogP contribution in [-0.2, 0) is 11.3 Å². The monoisotopic (exact) mass is 299 g/mol. The van der Waals surface area contributed by atoms with Crippen LogP contribution in [0.2, 0.25) is 0 Å². The fraction of sp³-hybridized carbons (Fsp3) is 0.167. The molecule has 0 fully saturated rings. The van der Waals surface area contributed by atoms with Crippen LogP contribution in [-0.4, -0.2) is 23.0 Å². The summed E-state index contributed by atoms with van der Waals surface area (Å²) in [5, 5.41) is 9.23. The second-order valence-corrected chi connectivity index (χ2v) is 5.07. The van der Waals surface area contributed by atoms with E-state index >= 15 is 0 Å². The highest BCUT2D eigenvalue weighted by Crippen LogP contribution is 2.12. The molecule has 0 aromatic heterocycles. The Morgan fingerprint density at radius 1 is 1.14 bits per heavy atom. The zero-order valence-corrected chi connectivity index (χ0v) is 12.4. The van der Waals surface area contributed by atoms with Gasteiger partial charge in [-0.25, -0.2) is 4.39 Å². The van der Waals surface area contributed by atoms with Gasteiger partial charge in [-0.05, 0) is 35.4 Å². The minimum absolute atomic E-state index is 0.00793. The molecular weight excluding hydrogens is 281 g/mol. The Kier molecular flexibility index (Phi) is 5.31. The molecule has 0 aliphatic rings. The number of amides is 1. The highest BCUT2D eigenvalue weighted by Gasteiger charge is 2.07. The lowest BCUT2D eigenvalue weighted by Gasteiger charge is -2.16. The number of carbonyl (C=O) groups excluding carboxylic acids is 1. The third-order valence-electron chi connectivity index (χ3n) is 3.25. The second-order valence-electron chi connectivity index (χ2n) is 5.07. The van der Waals surface area contributed by atoms with Gasteiger partial charge in [0.05, 0.1) is 0 Å². The minimum Gasteiger partial charge on any atom is -0.508 e. The van der Waals surface area contributed by atoms with E-state index in [4.69, 9.17) is 0 Å². The number of phenols is 1. The second kappa shape index (κ2) is 7.41. The molecule has 1 N–H and O–H groups in total. The van der Waals surface area contributed by atoms with E-state index in [0.717, 1.165) is 11.1 Å². The molecule has 0 aliphatic carbocycles. The van der Waals surface area contributed by atoms with Crippen molar-refractivity contribution in [1.82, 2.24) is 4.90 Å². The van der Waals surface area contributed by atoms with Crippen molar-refractivity contribution in [3.05, 3.63) is 71.6 Å². The molecule has 3 nitrogen and oxygen atoms in total. The molecule has 0 spiro atoms. The van der Waals surface area contributed by atoms with Gasteiger partial charge in [-0.3, -0.25) is 4.79 Å². The van der Waals surface area contributed by atoms with Crippen LogP contribution in [0.1, 0.15) is 17.5 Å². The minimum atomic E-state index is -0.276. The van der Waals surface area contributed by atoms with Crippen molar-refractivity contribution >= 4 is 12.0 Å². The fourth-order valence-electron chi connectivity index (χ4n) is 1.99. The van der Waals surface area contributed by atoms with Gasteiger partial charge in [-0.15, -0.1) is 0 Å². The van der Waals surface area contributed by atoms with Crippen molar-refractivity contribution in [2.24, 2.45) is 0 Å². The summed E-state index contributed by atoms with van der Waals surface area (Å²) in [5.41, 5.74) is 1.81. The molecule has 0 bridgehead atoms. The molecule has 0 atom stereocenters. The Bertz CT molecular complexity index is 648. The van der Waals surface area contributed by atoms with Gasteiger partial charge in [0, 0.05) is 20.0 Å². The third kappa shape index (κ3) is 4.74. The first kappa shape index (κ1) is 15.8. The molecule has 0 aliphatic heterocycles. The van der Waals surface area contributed by atoms with Crippen LogP contribution in [0.4, 0.5) is 4.39 Å². The zero-order chi connectivity index (χ0) is 15.9. The van der Waals surface area contributed by atoms with E-state index in [2.05, 4.69) is 0 Å². The molecule has 0 unspecified atom stereocenters. The molecule has 22 heavy (non-hydrogen) atoms. The molecule has 0 saturated heterocycles. The normalized spacial score (nSPS) is 10.8. The van der Waals surface area contributed by atoms with Crippen LogP contribution in [0, 0.1) is 5.82 Å². The Morgan fingerprint density at radius 3 is 2.41 bits per heavy atom. The van der Waals surface area contributed by atoms with E-state index in [1.807, 2.05) is 0 Å². The van der Waals surface area contributed by atoms with Gasteiger partial charge in [0.1, 0.15) is 11.6 Å². The largest absolute Gasteiger partial charge is 0.508 e. The number of hydrogen-bond acceptors (Lipinski definition) is 2. The van der Waals surface area contributed by atoms with E-state index in [1.165, 1.54) is 12.1 Å². The van der Waals surface area contributed by atoms with E-state index in [0.29, 0.717) is 6.54 Å². The predicted molar refractivity (Wildman–Crippen MR) is 84.6 cm³/mol. The zero-order valence-electron chi connectivity index (χ0n) is 12.4. The van der Waals surface area contributed by atoms with Gasteiger partial charge in [0.25, 0.3) is 0 Å². The van der Waals surface area contributed by atoms with Crippen molar-refractivity contribution in [2.45, 2.75) is 13.0 Å². The molecular formula is C18H18FNO2. The van der Waals surface area contributed by atoms with Crippen LogP contribution in [0.3, 0.4) is 0 Å². The maximum absolute atomic E-state index is 12.8. The average Bonchev–Trinajstić information content (AvgIpc) is 2.51. The maximum atomic E-state index is 12.8. The number of benzene rings is 2. The van der Waals surface area contributed by atoms with E-state index in [1.54, 1.807) is 60.5 Å². The van der Waals surface area contributed by atoms with Gasteiger partial charge < -0.3 is 10.0 Å². The number of hydrogen-bond donors (Lipinski definition) is 1. The third-order valence-corrected chi connectivity index (χ3v) is 3.25. The van der Waals surface area contributed by atoms with Gasteiger partial charge >= 0.3 is 0 Å². The first-order valence-corrected chi connectivity index (χ1v) is 6.98. The Balaban J connectivity index is 1.85. The molecule has 0 radical (unpaired) electrons. The summed E-state index contributed by atoms with van der Waals surface area (Å²) in [6, 6.07) is 12.9. The molecule has 0 saturated carbocycles. The number of rotatable bonds is 5. The quantitative estimate of drug-likeness (QED) is 0.916. The Hall–Kier alpha value is -2.62. The summed E-state index contributed by atoms with van der Waals surface area (Å²) < 4.78 is 12.8. The molecule has 2 rings (SSSR count). The molecule has 4 heteroatoms. The van der Waals surface area contributed by atoms with Crippen molar-refractivity contribution in [3.63, 3.8) is 0 Å². The summed E-state index contributed by atoms with van der Waals surface area (Å²) in [7, 11) is 1.74. The molecule has 1 amide bonds. The number of phenolic OH excluding ortho intramolecular Hbond substituents is 1. The van der Waals surface area contributed by atoms with Crippen molar-refractivity contribution in [3.8, 4) is 5.75 Å². The number of aromatic hydroxyl groups is 1. The van der Waals surface area contributed by atoms with Crippen LogP contribution < -0.4 is 0 Å². The van der Waals surface area contributed by atoms with Crippen molar-refractivity contribution in [1.29, 1.82) is 0 Å². The summed E-state index contributed by atoms with van der Waals surface area (Å²) in [6.45, 7) is 0.490. The number of carbonyl (C=O) groups is 1. The maximum Gasteiger partial charge on any atom is 0.226 e. The SMILES string of the molecule is CN(Cc1ccc(O)cc1)C(=O)CC=Cc1ccc(F)cc1. The van der Waals surface area contributed by atoms with Gasteiger partial charge in [-0.2, -0.15) is 0 Å². The lowest BCUT2D eigenvalue weighted by molar-refractivity contribution is -0.129. The van der Waals surface area contributed by atoms with Crippen molar-refractivity contribution in [2.75, 3.05) is 7.05 Å². The molecule has 0 heterocycles. The van der Waals surface area contributed by atoms with Crippen molar-refractivity contribution < 1.29 is 14.3 Å². The first-order chi connectivity index (χ1) is 10.5. The molecule has 114 valence electrons. The van der Waals surface area contributed by atoms with Gasteiger partial charge in [-0.1, -0.05) is 36.4 Å². The van der Waals surface area contributed by atoms with Gasteiger partial charge in [0.15, 0.2) is 0 Å². The lowest BCUT2D eigenvalue weighted by atomic mass is 10.2. The van der Waals surface area contributed by atoms with Crippen LogP contribution in [0.5, 0.6) is 5.75 Å². The number of nitrogens with zero attached hydrogens (tertiary/aromatic N) is 1. The summed E-state index contributed by atoms with van der Waals surface area (Å²) in [5.74, 6) is -0.0757. The fourth-order valence-corrected chi connectivity index (χ4v) is 1.99. The topological polar surface area (TPSA) is 40.5 Å². The lowest BCUT2D eigenvalue weighted by Crippen LogP contribution is -2.25. The number of halogens is 1. The summed E-state index contributed by atoms with van der Waals surface area (Å²) >= 11 is 0. The summed E-state index contributed by atoms with van der Waals surface area (Å²) in [6.07, 6.45) is 3.85. The molecule has 2 aromatic carbocycles. The van der Waals surface area contributed by atoms with Crippen LogP contribution in [0.25, 0.3) is 6.08 Å². The molecule has 2 aromatic rings. The highest BCUT2D eigenvalue weighted by molar-refractivity contribution is 5.78. The Morgan fingerprint density at radius 2 is 1.77 bits per heavy atom. The predicted octanol–water partition coefficient (Wildman–Crippen LogP) is 3.59. The summed E-state index contributed by atoms with van der Waals surface area (Å²) in [4.78, 5) is 13.7. The standard InChI is InChI=1S/C18H18FNO2/c1-20(13-15-7-11-17(21)12-8-15)18(22)4-2-3-14-5-9-16(19)10-6-14/h2-3,5-12,21H,4,13H2,1H3.